The van der Waals surface area contributed by atoms with Gasteiger partial charge >= 0.3 is 11.9 Å². The maximum atomic E-state index is 10.7. The highest BCUT2D eigenvalue weighted by Gasteiger charge is 2.35. The number of hydrogen-bond donors (Lipinski definition) is 4. The fourth-order valence-corrected chi connectivity index (χ4v) is 0.832. The Morgan fingerprint density at radius 1 is 1.33 bits per heavy atom. The van der Waals surface area contributed by atoms with E-state index < -0.39 is 23.5 Å². The van der Waals surface area contributed by atoms with E-state index >= 15 is 0 Å². The summed E-state index contributed by atoms with van der Waals surface area (Å²) < 4.78 is 0. The van der Waals surface area contributed by atoms with E-state index in [2.05, 4.69) is 5.32 Å². The molecule has 0 radical (unpaired) electrons. The van der Waals surface area contributed by atoms with E-state index in [0.29, 0.717) is 0 Å². The summed E-state index contributed by atoms with van der Waals surface area (Å²) >= 11 is 0. The van der Waals surface area contributed by atoms with Crippen LogP contribution in [-0.2, 0) is 9.59 Å². The lowest BCUT2D eigenvalue weighted by Gasteiger charge is -2.25. The zero-order chi connectivity index (χ0) is 12.1. The molecule has 0 heterocycles. The molecule has 0 fully saturated rings. The van der Waals surface area contributed by atoms with Crippen LogP contribution in [0.1, 0.15) is 20.3 Å². The van der Waals surface area contributed by atoms with Gasteiger partial charge in [-0.2, -0.15) is 0 Å². The third kappa shape index (κ3) is 4.75. The summed E-state index contributed by atoms with van der Waals surface area (Å²) in [7, 11) is 0. The Morgan fingerprint density at radius 2 is 1.87 bits per heavy atom. The molecule has 0 aliphatic rings. The molecule has 0 aromatic rings. The van der Waals surface area contributed by atoms with Crippen LogP contribution < -0.4 is 5.32 Å². The molecule has 0 saturated carbocycles. The van der Waals surface area contributed by atoms with Gasteiger partial charge in [-0.1, -0.05) is 0 Å². The van der Waals surface area contributed by atoms with Crippen molar-refractivity contribution in [3.8, 4) is 0 Å². The molecule has 6 nitrogen and oxygen atoms in total. The molecule has 0 bridgehead atoms. The van der Waals surface area contributed by atoms with E-state index in [9.17, 15) is 14.7 Å². The number of carbonyl (C=O) groups is 2. The standard InChI is InChI=1S/C9H17NO5/c1-9(2,8(14)15)6(11)5-10-4-3-7(12)13/h6,10-11H,3-5H2,1-2H3,(H,12,13)(H,14,15). The van der Waals surface area contributed by atoms with E-state index in [0.717, 1.165) is 0 Å². The third-order valence-electron chi connectivity index (χ3n) is 2.24. The van der Waals surface area contributed by atoms with E-state index in [1.54, 1.807) is 0 Å². The van der Waals surface area contributed by atoms with Gasteiger partial charge < -0.3 is 20.6 Å². The number of rotatable bonds is 7. The largest absolute Gasteiger partial charge is 0.481 e. The first kappa shape index (κ1) is 13.9. The molecule has 88 valence electrons. The Hall–Kier alpha value is -1.14. The second-order valence-corrected chi connectivity index (χ2v) is 3.89. The normalized spacial score (nSPS) is 13.5. The van der Waals surface area contributed by atoms with Crippen molar-refractivity contribution in [1.82, 2.24) is 5.32 Å². The number of nitrogens with one attached hydrogen (secondary N) is 1. The Balaban J connectivity index is 3.88. The van der Waals surface area contributed by atoms with Crippen molar-refractivity contribution < 1.29 is 24.9 Å². The third-order valence-corrected chi connectivity index (χ3v) is 2.24. The average molecular weight is 219 g/mol. The number of aliphatic hydroxyl groups is 1. The Kier molecular flexibility index (Phi) is 5.24. The zero-order valence-corrected chi connectivity index (χ0v) is 8.86. The molecule has 0 amide bonds. The fraction of sp³-hybridized carbons (Fsp3) is 0.778. The van der Waals surface area contributed by atoms with Crippen molar-refractivity contribution in [1.29, 1.82) is 0 Å². The van der Waals surface area contributed by atoms with Crippen LogP contribution in [0.3, 0.4) is 0 Å². The van der Waals surface area contributed by atoms with Crippen LogP contribution in [0.25, 0.3) is 0 Å². The van der Waals surface area contributed by atoms with Gasteiger partial charge in [-0.15, -0.1) is 0 Å². The maximum absolute atomic E-state index is 10.7. The van der Waals surface area contributed by atoms with Gasteiger partial charge in [0, 0.05) is 13.1 Å². The Morgan fingerprint density at radius 3 is 2.27 bits per heavy atom. The summed E-state index contributed by atoms with van der Waals surface area (Å²) in [5, 5.41) is 29.3. The average Bonchev–Trinajstić information content (AvgIpc) is 2.11. The van der Waals surface area contributed by atoms with Crippen LogP contribution in [0.5, 0.6) is 0 Å². The summed E-state index contributed by atoms with van der Waals surface area (Å²) in [5.41, 5.74) is -1.24. The lowest BCUT2D eigenvalue weighted by molar-refractivity contribution is -0.153. The predicted octanol–water partition coefficient (Wildman–Crippen LogP) is -0.478. The first-order valence-electron chi connectivity index (χ1n) is 4.62. The van der Waals surface area contributed by atoms with Crippen LogP contribution in [-0.4, -0.2) is 46.5 Å². The van der Waals surface area contributed by atoms with Crippen LogP contribution in [0.15, 0.2) is 0 Å². The van der Waals surface area contributed by atoms with Gasteiger partial charge in [0.2, 0.25) is 0 Å². The molecule has 6 heteroatoms. The number of carboxylic acid groups (broad SMARTS) is 2. The SMILES string of the molecule is CC(C)(C(=O)O)C(O)CNCCC(=O)O. The molecule has 1 unspecified atom stereocenters. The molecule has 0 spiro atoms. The number of aliphatic carboxylic acids is 2. The first-order chi connectivity index (χ1) is 6.78. The molecule has 15 heavy (non-hydrogen) atoms. The molecule has 4 N–H and O–H groups in total. The summed E-state index contributed by atoms with van der Waals surface area (Å²) in [6.45, 7) is 3.10. The lowest BCUT2D eigenvalue weighted by atomic mass is 9.86. The molecule has 0 aromatic carbocycles. The van der Waals surface area contributed by atoms with Crippen molar-refractivity contribution >= 4 is 11.9 Å². The van der Waals surface area contributed by atoms with Crippen LogP contribution in [0, 0.1) is 5.41 Å². The highest BCUT2D eigenvalue weighted by molar-refractivity contribution is 5.74. The molecule has 0 aliphatic heterocycles. The van der Waals surface area contributed by atoms with Gasteiger partial charge in [-0.25, -0.2) is 0 Å². The minimum absolute atomic E-state index is 0.0553. The molecule has 0 rings (SSSR count). The monoisotopic (exact) mass is 219 g/mol. The summed E-state index contributed by atoms with van der Waals surface area (Å²) in [6.07, 6.45) is -1.11. The molecule has 0 saturated heterocycles. The van der Waals surface area contributed by atoms with Crippen molar-refractivity contribution in [3.63, 3.8) is 0 Å². The van der Waals surface area contributed by atoms with Crippen molar-refractivity contribution in [3.05, 3.63) is 0 Å². The quantitative estimate of drug-likeness (QED) is 0.431. The topological polar surface area (TPSA) is 107 Å². The predicted molar refractivity (Wildman–Crippen MR) is 52.5 cm³/mol. The van der Waals surface area contributed by atoms with E-state index in [-0.39, 0.29) is 19.5 Å². The van der Waals surface area contributed by atoms with E-state index in [4.69, 9.17) is 10.2 Å². The van der Waals surface area contributed by atoms with E-state index in [1.165, 1.54) is 13.8 Å². The highest BCUT2D eigenvalue weighted by Crippen LogP contribution is 2.20. The summed E-state index contributed by atoms with van der Waals surface area (Å²) in [4.78, 5) is 20.9. The molecule has 0 aromatic heterocycles. The minimum Gasteiger partial charge on any atom is -0.481 e. The smallest absolute Gasteiger partial charge is 0.311 e. The minimum atomic E-state index is -1.24. The summed E-state index contributed by atoms with van der Waals surface area (Å²) in [6, 6.07) is 0. The number of aliphatic hydroxyl groups excluding tert-OH is 1. The second-order valence-electron chi connectivity index (χ2n) is 3.89. The number of hydrogen-bond acceptors (Lipinski definition) is 4. The Labute approximate surface area is 87.9 Å². The van der Waals surface area contributed by atoms with Gasteiger partial charge in [0.1, 0.15) is 0 Å². The van der Waals surface area contributed by atoms with Crippen LogP contribution in [0.2, 0.25) is 0 Å². The van der Waals surface area contributed by atoms with Crippen molar-refractivity contribution in [2.24, 2.45) is 5.41 Å². The molecular weight excluding hydrogens is 202 g/mol. The Bertz CT molecular complexity index is 239. The summed E-state index contributed by atoms with van der Waals surface area (Å²) in [5.74, 6) is -2.02. The van der Waals surface area contributed by atoms with Crippen LogP contribution in [0.4, 0.5) is 0 Å². The molecule has 1 atom stereocenters. The van der Waals surface area contributed by atoms with Gasteiger partial charge in [0.25, 0.3) is 0 Å². The molecule has 0 aliphatic carbocycles. The lowest BCUT2D eigenvalue weighted by Crippen LogP contribution is -2.43. The van der Waals surface area contributed by atoms with Crippen molar-refractivity contribution in [2.45, 2.75) is 26.4 Å². The van der Waals surface area contributed by atoms with Crippen molar-refractivity contribution in [2.75, 3.05) is 13.1 Å². The molecular formula is C9H17NO5. The fourth-order valence-electron chi connectivity index (χ4n) is 0.832. The van der Waals surface area contributed by atoms with E-state index in [1.807, 2.05) is 0 Å². The first-order valence-corrected chi connectivity index (χ1v) is 4.62. The van der Waals surface area contributed by atoms with Gasteiger partial charge in [-0.3, -0.25) is 9.59 Å². The van der Waals surface area contributed by atoms with Gasteiger partial charge in [-0.05, 0) is 13.8 Å². The zero-order valence-electron chi connectivity index (χ0n) is 8.86. The maximum Gasteiger partial charge on any atom is 0.311 e. The highest BCUT2D eigenvalue weighted by atomic mass is 16.4. The van der Waals surface area contributed by atoms with Gasteiger partial charge in [0.15, 0.2) is 0 Å². The van der Waals surface area contributed by atoms with Gasteiger partial charge in [0.05, 0.1) is 17.9 Å². The van der Waals surface area contributed by atoms with Crippen LogP contribution >= 0.6 is 0 Å². The second kappa shape index (κ2) is 5.67. The number of carboxylic acids is 2.